The quantitative estimate of drug-likeness (QED) is 0.545. The number of nitrogens with one attached hydrogen (secondary N) is 1. The molecule has 0 saturated carbocycles. The molecule has 9 heteroatoms. The number of sulfonamides is 1. The number of hydrogen-bond donors (Lipinski definition) is 1. The Kier molecular flexibility index (Phi) is 6.63. The van der Waals surface area contributed by atoms with E-state index in [9.17, 15) is 23.3 Å². The van der Waals surface area contributed by atoms with E-state index >= 15 is 0 Å². The predicted octanol–water partition coefficient (Wildman–Crippen LogP) is 3.57. The van der Waals surface area contributed by atoms with Gasteiger partial charge in [-0.15, -0.1) is 0 Å². The van der Waals surface area contributed by atoms with Crippen LogP contribution in [-0.2, 0) is 21.2 Å². The summed E-state index contributed by atoms with van der Waals surface area (Å²) in [5.41, 5.74) is 2.80. The summed E-state index contributed by atoms with van der Waals surface area (Å²) in [6, 6.07) is 8.46. The molecule has 0 bridgehead atoms. The maximum absolute atomic E-state index is 13.0. The number of non-ortho nitro benzene ring substituents is 1. The number of benzene rings is 2. The summed E-state index contributed by atoms with van der Waals surface area (Å²) < 4.78 is 26.0. The van der Waals surface area contributed by atoms with E-state index in [0.717, 1.165) is 21.7 Å². The summed E-state index contributed by atoms with van der Waals surface area (Å²) in [5.74, 6) is -0.523. The molecule has 1 N–H and O–H groups in total. The van der Waals surface area contributed by atoms with E-state index in [0.29, 0.717) is 17.7 Å². The second kappa shape index (κ2) is 8.60. The third-order valence-corrected chi connectivity index (χ3v) is 5.95. The molecular formula is C20H25N3O5S. The van der Waals surface area contributed by atoms with Crippen molar-refractivity contribution in [1.82, 2.24) is 0 Å². The van der Waals surface area contributed by atoms with Crippen LogP contribution in [0.15, 0.2) is 36.4 Å². The summed E-state index contributed by atoms with van der Waals surface area (Å²) in [5, 5.41) is 14.0. The lowest BCUT2D eigenvalue weighted by Crippen LogP contribution is -2.45. The highest BCUT2D eigenvalue weighted by Gasteiger charge is 2.31. The lowest BCUT2D eigenvalue weighted by molar-refractivity contribution is -0.384. The monoisotopic (exact) mass is 419 g/mol. The van der Waals surface area contributed by atoms with Crippen LogP contribution in [0.2, 0.25) is 0 Å². The lowest BCUT2D eigenvalue weighted by atomic mass is 10.1. The number of anilines is 2. The van der Waals surface area contributed by atoms with Gasteiger partial charge in [-0.1, -0.05) is 31.2 Å². The van der Waals surface area contributed by atoms with Gasteiger partial charge < -0.3 is 5.32 Å². The number of carbonyl (C=O) groups is 1. The van der Waals surface area contributed by atoms with E-state index in [1.54, 1.807) is 6.92 Å². The third kappa shape index (κ3) is 4.92. The van der Waals surface area contributed by atoms with E-state index in [4.69, 9.17) is 0 Å². The van der Waals surface area contributed by atoms with Crippen LogP contribution >= 0.6 is 0 Å². The number of nitro benzene ring substituents is 1. The molecule has 29 heavy (non-hydrogen) atoms. The standard InChI is InChI=1S/C20H25N3O5S/c1-6-16-9-7-8-14(3)19(16)21-20(24)15(4)22(29(5,27)28)18-12-17(23(25)26)11-10-13(18)2/h7-12,15H,6H2,1-5H3,(H,21,24)/t15-/m0/s1. The number of rotatable bonds is 7. The average molecular weight is 420 g/mol. The zero-order chi connectivity index (χ0) is 21.9. The predicted molar refractivity (Wildman–Crippen MR) is 114 cm³/mol. The van der Waals surface area contributed by atoms with Gasteiger partial charge in [-0.2, -0.15) is 0 Å². The highest BCUT2D eigenvalue weighted by molar-refractivity contribution is 7.92. The number of amides is 1. The molecule has 8 nitrogen and oxygen atoms in total. The van der Waals surface area contributed by atoms with Crippen LogP contribution in [0, 0.1) is 24.0 Å². The Labute approximate surface area is 170 Å². The fourth-order valence-corrected chi connectivity index (χ4v) is 4.38. The van der Waals surface area contributed by atoms with Crippen molar-refractivity contribution in [1.29, 1.82) is 0 Å². The van der Waals surface area contributed by atoms with E-state index in [-0.39, 0.29) is 11.4 Å². The van der Waals surface area contributed by atoms with Crippen molar-refractivity contribution in [2.24, 2.45) is 0 Å². The van der Waals surface area contributed by atoms with Gasteiger partial charge in [-0.05, 0) is 43.9 Å². The van der Waals surface area contributed by atoms with Gasteiger partial charge in [-0.25, -0.2) is 8.42 Å². The molecule has 0 spiro atoms. The summed E-state index contributed by atoms with van der Waals surface area (Å²) in [6.07, 6.45) is 1.67. The number of hydrogen-bond acceptors (Lipinski definition) is 5. The summed E-state index contributed by atoms with van der Waals surface area (Å²) in [4.78, 5) is 23.5. The molecule has 0 aliphatic rings. The van der Waals surface area contributed by atoms with Crippen LogP contribution in [0.1, 0.15) is 30.5 Å². The van der Waals surface area contributed by atoms with Gasteiger partial charge in [0.2, 0.25) is 15.9 Å². The van der Waals surface area contributed by atoms with Crippen LogP contribution < -0.4 is 9.62 Å². The lowest BCUT2D eigenvalue weighted by Gasteiger charge is -2.29. The van der Waals surface area contributed by atoms with Crippen LogP contribution in [0.4, 0.5) is 17.1 Å². The summed E-state index contributed by atoms with van der Waals surface area (Å²) in [7, 11) is -3.90. The zero-order valence-corrected chi connectivity index (χ0v) is 17.9. The number of nitro groups is 1. The Balaban J connectivity index is 2.49. The molecule has 0 radical (unpaired) electrons. The Morgan fingerprint density at radius 1 is 1.21 bits per heavy atom. The molecule has 0 heterocycles. The minimum Gasteiger partial charge on any atom is -0.324 e. The SMILES string of the molecule is CCc1cccc(C)c1NC(=O)[C@H](C)N(c1cc([N+](=O)[O-])ccc1C)S(C)(=O)=O. The van der Waals surface area contributed by atoms with Crippen LogP contribution in [0.5, 0.6) is 0 Å². The summed E-state index contributed by atoms with van der Waals surface area (Å²) in [6.45, 7) is 6.92. The minimum absolute atomic E-state index is 0.102. The van der Waals surface area contributed by atoms with Crippen molar-refractivity contribution >= 4 is 33.0 Å². The molecule has 2 aromatic carbocycles. The second-order valence-electron chi connectivity index (χ2n) is 6.91. The Morgan fingerprint density at radius 2 is 1.86 bits per heavy atom. The zero-order valence-electron chi connectivity index (χ0n) is 17.1. The van der Waals surface area contributed by atoms with Gasteiger partial charge in [0.1, 0.15) is 6.04 Å². The number of nitrogens with zero attached hydrogens (tertiary/aromatic N) is 2. The van der Waals surface area contributed by atoms with Crippen molar-refractivity contribution in [3.63, 3.8) is 0 Å². The van der Waals surface area contributed by atoms with Gasteiger partial charge in [0.05, 0.1) is 16.9 Å². The van der Waals surface area contributed by atoms with Gasteiger partial charge in [0.25, 0.3) is 5.69 Å². The van der Waals surface area contributed by atoms with Crippen molar-refractivity contribution in [2.45, 2.75) is 40.2 Å². The number of aryl methyl sites for hydroxylation is 3. The molecule has 0 aliphatic heterocycles. The Morgan fingerprint density at radius 3 is 2.41 bits per heavy atom. The second-order valence-corrected chi connectivity index (χ2v) is 8.77. The van der Waals surface area contributed by atoms with Gasteiger partial charge >= 0.3 is 0 Å². The van der Waals surface area contributed by atoms with Gasteiger partial charge in [-0.3, -0.25) is 19.2 Å². The minimum atomic E-state index is -3.90. The van der Waals surface area contributed by atoms with E-state index < -0.39 is 26.9 Å². The van der Waals surface area contributed by atoms with Crippen LogP contribution in [0.3, 0.4) is 0 Å². The largest absolute Gasteiger partial charge is 0.324 e. The normalized spacial score (nSPS) is 12.3. The van der Waals surface area contributed by atoms with Crippen molar-refractivity contribution in [3.05, 3.63) is 63.2 Å². The van der Waals surface area contributed by atoms with Gasteiger partial charge in [0, 0.05) is 17.8 Å². The molecule has 156 valence electrons. The van der Waals surface area contributed by atoms with Crippen LogP contribution in [-0.4, -0.2) is 31.5 Å². The van der Waals surface area contributed by atoms with E-state index in [1.807, 2.05) is 32.0 Å². The molecule has 1 atom stereocenters. The Bertz CT molecular complexity index is 1050. The highest BCUT2D eigenvalue weighted by Crippen LogP contribution is 2.30. The van der Waals surface area contributed by atoms with Crippen molar-refractivity contribution in [3.8, 4) is 0 Å². The summed E-state index contributed by atoms with van der Waals surface area (Å²) >= 11 is 0. The van der Waals surface area contributed by atoms with E-state index in [1.165, 1.54) is 25.1 Å². The number of para-hydroxylation sites is 1. The number of carbonyl (C=O) groups excluding carboxylic acids is 1. The molecule has 0 aromatic heterocycles. The maximum atomic E-state index is 13.0. The van der Waals surface area contributed by atoms with Crippen molar-refractivity contribution in [2.75, 3.05) is 15.9 Å². The van der Waals surface area contributed by atoms with Crippen molar-refractivity contribution < 1.29 is 18.1 Å². The highest BCUT2D eigenvalue weighted by atomic mass is 32.2. The molecule has 0 aliphatic carbocycles. The third-order valence-electron chi connectivity index (χ3n) is 4.72. The molecule has 1 amide bonds. The molecule has 0 saturated heterocycles. The van der Waals surface area contributed by atoms with E-state index in [2.05, 4.69) is 5.32 Å². The average Bonchev–Trinajstić information content (AvgIpc) is 2.63. The molecular weight excluding hydrogens is 394 g/mol. The first kappa shape index (κ1) is 22.4. The fraction of sp³-hybridized carbons (Fsp3) is 0.350. The smallest absolute Gasteiger partial charge is 0.271 e. The first-order chi connectivity index (χ1) is 13.5. The van der Waals surface area contributed by atoms with Gasteiger partial charge in [0.15, 0.2) is 0 Å². The molecule has 2 rings (SSSR count). The Hall–Kier alpha value is -2.94. The first-order valence-electron chi connectivity index (χ1n) is 9.11. The molecule has 2 aromatic rings. The maximum Gasteiger partial charge on any atom is 0.271 e. The molecule has 0 fully saturated rings. The van der Waals surface area contributed by atoms with Crippen LogP contribution in [0.25, 0.3) is 0 Å². The fourth-order valence-electron chi connectivity index (χ4n) is 3.16. The first-order valence-corrected chi connectivity index (χ1v) is 11.0. The topological polar surface area (TPSA) is 110 Å². The molecule has 0 unspecified atom stereocenters.